The SMILES string of the molecule is C=CC(=O)N1Cc2sc(Cl)cc2[C@@H](c2ccccc2-c2cnc(F)c(Cl)c2)C1. The second-order valence-electron chi connectivity index (χ2n) is 6.49. The van der Waals surface area contributed by atoms with Gasteiger partial charge in [-0.1, -0.05) is 54.0 Å². The molecule has 142 valence electrons. The van der Waals surface area contributed by atoms with Gasteiger partial charge in [0, 0.05) is 29.1 Å². The lowest BCUT2D eigenvalue weighted by atomic mass is 9.84. The van der Waals surface area contributed by atoms with E-state index in [0.717, 1.165) is 27.1 Å². The van der Waals surface area contributed by atoms with Gasteiger partial charge in [0.15, 0.2) is 0 Å². The third kappa shape index (κ3) is 3.46. The van der Waals surface area contributed by atoms with Gasteiger partial charge in [0.2, 0.25) is 11.9 Å². The van der Waals surface area contributed by atoms with E-state index in [-0.39, 0.29) is 16.8 Å². The predicted molar refractivity (Wildman–Crippen MR) is 111 cm³/mol. The molecule has 2 aromatic heterocycles. The third-order valence-electron chi connectivity index (χ3n) is 4.85. The van der Waals surface area contributed by atoms with E-state index in [9.17, 15) is 9.18 Å². The zero-order valence-electron chi connectivity index (χ0n) is 14.7. The molecule has 0 fully saturated rings. The number of hydrogen-bond acceptors (Lipinski definition) is 3. The van der Waals surface area contributed by atoms with Gasteiger partial charge in [-0.25, -0.2) is 4.98 Å². The normalized spacial score (nSPS) is 16.0. The number of pyridine rings is 1. The fourth-order valence-corrected chi connectivity index (χ4v) is 5.10. The molecule has 28 heavy (non-hydrogen) atoms. The standard InChI is InChI=1S/C21H15Cl2FN2OS/c1-2-20(27)26-10-16(15-8-19(23)28-18(15)11-26)14-6-4-3-5-13(14)12-7-17(22)21(24)25-9-12/h2-9,16H,1,10-11H2/t16-/m1/s1. The molecule has 0 N–H and O–H groups in total. The van der Waals surface area contributed by atoms with E-state index < -0.39 is 5.95 Å². The summed E-state index contributed by atoms with van der Waals surface area (Å²) in [6, 6.07) is 11.3. The number of hydrogen-bond donors (Lipinski definition) is 0. The number of amides is 1. The molecule has 1 aliphatic heterocycles. The molecule has 1 atom stereocenters. The van der Waals surface area contributed by atoms with Crippen LogP contribution in [0.5, 0.6) is 0 Å². The number of nitrogens with zero attached hydrogens (tertiary/aromatic N) is 2. The number of halogens is 3. The van der Waals surface area contributed by atoms with E-state index >= 15 is 0 Å². The summed E-state index contributed by atoms with van der Waals surface area (Å²) < 4.78 is 14.2. The second kappa shape index (κ2) is 7.66. The van der Waals surface area contributed by atoms with Gasteiger partial charge in [0.1, 0.15) is 0 Å². The van der Waals surface area contributed by atoms with Crippen molar-refractivity contribution >= 4 is 40.4 Å². The molecule has 0 saturated heterocycles. The van der Waals surface area contributed by atoms with Gasteiger partial charge in [-0.05, 0) is 34.9 Å². The summed E-state index contributed by atoms with van der Waals surface area (Å²) in [7, 11) is 0. The highest BCUT2D eigenvalue weighted by atomic mass is 35.5. The Balaban J connectivity index is 1.85. The number of aromatic nitrogens is 1. The van der Waals surface area contributed by atoms with Crippen molar-refractivity contribution in [3.05, 3.63) is 86.6 Å². The summed E-state index contributed by atoms with van der Waals surface area (Å²) >= 11 is 13.7. The van der Waals surface area contributed by atoms with Crippen molar-refractivity contribution in [2.24, 2.45) is 0 Å². The van der Waals surface area contributed by atoms with Crippen LogP contribution in [0, 0.1) is 5.95 Å². The Morgan fingerprint density at radius 2 is 2.07 bits per heavy atom. The molecule has 0 bridgehead atoms. The summed E-state index contributed by atoms with van der Waals surface area (Å²) in [4.78, 5) is 18.9. The summed E-state index contributed by atoms with van der Waals surface area (Å²) in [6.07, 6.45) is 2.80. The first-order valence-electron chi connectivity index (χ1n) is 8.57. The molecule has 0 unspecified atom stereocenters. The molecule has 3 aromatic rings. The molecule has 3 nitrogen and oxygen atoms in total. The molecule has 1 aromatic carbocycles. The number of carbonyl (C=O) groups excluding carboxylic acids is 1. The Morgan fingerprint density at radius 3 is 2.82 bits per heavy atom. The lowest BCUT2D eigenvalue weighted by Gasteiger charge is -2.33. The summed E-state index contributed by atoms with van der Waals surface area (Å²) in [5, 5.41) is -0.0290. The summed E-state index contributed by atoms with van der Waals surface area (Å²) in [6.45, 7) is 4.62. The van der Waals surface area contributed by atoms with Crippen LogP contribution in [0.3, 0.4) is 0 Å². The van der Waals surface area contributed by atoms with Crippen LogP contribution in [0.2, 0.25) is 9.36 Å². The quantitative estimate of drug-likeness (QED) is 0.380. The van der Waals surface area contributed by atoms with Crippen LogP contribution >= 0.6 is 34.5 Å². The van der Waals surface area contributed by atoms with Crippen molar-refractivity contribution in [1.29, 1.82) is 0 Å². The van der Waals surface area contributed by atoms with E-state index in [1.165, 1.54) is 23.6 Å². The van der Waals surface area contributed by atoms with Crippen LogP contribution in [0.1, 0.15) is 21.9 Å². The lowest BCUT2D eigenvalue weighted by Crippen LogP contribution is -2.37. The minimum Gasteiger partial charge on any atom is -0.333 e. The number of thiophene rings is 1. The fraction of sp³-hybridized carbons (Fsp3) is 0.143. The van der Waals surface area contributed by atoms with Crippen LogP contribution in [-0.2, 0) is 11.3 Å². The maximum Gasteiger partial charge on any atom is 0.246 e. The summed E-state index contributed by atoms with van der Waals surface area (Å²) in [5.74, 6) is -0.893. The molecule has 3 heterocycles. The van der Waals surface area contributed by atoms with E-state index in [2.05, 4.69) is 11.6 Å². The zero-order valence-corrected chi connectivity index (χ0v) is 17.0. The Kier molecular flexibility index (Phi) is 5.23. The first-order chi connectivity index (χ1) is 13.5. The molecule has 1 amide bonds. The van der Waals surface area contributed by atoms with Crippen LogP contribution in [0.4, 0.5) is 4.39 Å². The van der Waals surface area contributed by atoms with E-state index in [1.54, 1.807) is 11.0 Å². The van der Waals surface area contributed by atoms with Crippen molar-refractivity contribution in [2.45, 2.75) is 12.5 Å². The van der Waals surface area contributed by atoms with Crippen molar-refractivity contribution < 1.29 is 9.18 Å². The number of benzene rings is 1. The van der Waals surface area contributed by atoms with Crippen LogP contribution in [0.25, 0.3) is 11.1 Å². The maximum atomic E-state index is 13.5. The smallest absolute Gasteiger partial charge is 0.246 e. The fourth-order valence-electron chi connectivity index (χ4n) is 3.58. The third-order valence-corrected chi connectivity index (χ3v) is 6.38. The average molecular weight is 433 g/mol. The molecule has 0 spiro atoms. The highest BCUT2D eigenvalue weighted by molar-refractivity contribution is 7.16. The molecule has 0 saturated carbocycles. The highest BCUT2D eigenvalue weighted by Gasteiger charge is 2.31. The first kappa shape index (κ1) is 19.1. The van der Waals surface area contributed by atoms with Crippen LogP contribution in [0.15, 0.2) is 55.3 Å². The lowest BCUT2D eigenvalue weighted by molar-refractivity contribution is -0.127. The minimum absolute atomic E-state index is 0.0290. The molecular weight excluding hydrogens is 418 g/mol. The molecule has 1 aliphatic rings. The monoisotopic (exact) mass is 432 g/mol. The van der Waals surface area contributed by atoms with Gasteiger partial charge in [0.05, 0.1) is 15.9 Å². The topological polar surface area (TPSA) is 33.2 Å². The van der Waals surface area contributed by atoms with Gasteiger partial charge in [-0.15, -0.1) is 11.3 Å². The Hall–Kier alpha value is -2.21. The largest absolute Gasteiger partial charge is 0.333 e. The Labute approximate surface area is 176 Å². The van der Waals surface area contributed by atoms with Crippen molar-refractivity contribution in [3.8, 4) is 11.1 Å². The molecule has 0 aliphatic carbocycles. The van der Waals surface area contributed by atoms with Gasteiger partial charge in [0.25, 0.3) is 0 Å². The Morgan fingerprint density at radius 1 is 1.29 bits per heavy atom. The molecule has 0 radical (unpaired) electrons. The van der Waals surface area contributed by atoms with Crippen LogP contribution in [-0.4, -0.2) is 22.3 Å². The molecule has 7 heteroatoms. The van der Waals surface area contributed by atoms with E-state index in [1.807, 2.05) is 30.3 Å². The summed E-state index contributed by atoms with van der Waals surface area (Å²) in [5.41, 5.74) is 3.72. The zero-order chi connectivity index (χ0) is 19.8. The second-order valence-corrected chi connectivity index (χ2v) is 8.66. The van der Waals surface area contributed by atoms with Crippen molar-refractivity contribution in [2.75, 3.05) is 6.54 Å². The highest BCUT2D eigenvalue weighted by Crippen LogP contribution is 2.43. The number of carbonyl (C=O) groups is 1. The van der Waals surface area contributed by atoms with E-state index in [4.69, 9.17) is 23.2 Å². The predicted octanol–water partition coefficient (Wildman–Crippen LogP) is 5.92. The maximum absolute atomic E-state index is 13.5. The van der Waals surface area contributed by atoms with Crippen LogP contribution < -0.4 is 0 Å². The number of rotatable bonds is 3. The van der Waals surface area contributed by atoms with Gasteiger partial charge < -0.3 is 4.90 Å². The van der Waals surface area contributed by atoms with Gasteiger partial charge >= 0.3 is 0 Å². The van der Waals surface area contributed by atoms with Gasteiger partial charge in [-0.3, -0.25) is 4.79 Å². The average Bonchev–Trinajstić information content (AvgIpc) is 3.08. The van der Waals surface area contributed by atoms with Crippen molar-refractivity contribution in [3.63, 3.8) is 0 Å². The minimum atomic E-state index is -0.699. The molecule has 4 rings (SSSR count). The van der Waals surface area contributed by atoms with Crippen molar-refractivity contribution in [1.82, 2.24) is 9.88 Å². The first-order valence-corrected chi connectivity index (χ1v) is 10.1. The molecular formula is C21H15Cl2FN2OS. The Bertz CT molecular complexity index is 1080. The van der Waals surface area contributed by atoms with E-state index in [0.29, 0.717) is 17.4 Å². The number of fused-ring (bicyclic) bond motifs is 1. The van der Waals surface area contributed by atoms with Gasteiger partial charge in [-0.2, -0.15) is 4.39 Å².